The molecule has 0 spiro atoms. The summed E-state index contributed by atoms with van der Waals surface area (Å²) in [6.45, 7) is -2.19. The first-order valence-electron chi connectivity index (χ1n) is 14.7. The molecule has 2 saturated heterocycles. The summed E-state index contributed by atoms with van der Waals surface area (Å²) in [5, 5.41) is 103. The summed E-state index contributed by atoms with van der Waals surface area (Å²) in [6.07, 6.45) is -14.0. The van der Waals surface area contributed by atoms with Crippen LogP contribution < -0.4 is 0 Å². The van der Waals surface area contributed by atoms with Crippen molar-refractivity contribution in [2.24, 2.45) is 5.92 Å². The summed E-state index contributed by atoms with van der Waals surface area (Å²) in [5.41, 5.74) is -1.32. The number of hydrogen-bond acceptors (Lipinski definition) is 17. The summed E-state index contributed by atoms with van der Waals surface area (Å²) < 4.78 is 34.2. The largest absolute Gasteiger partial charge is 0.508 e. The molecule has 3 aliphatic heterocycles. The molecule has 4 aliphatic rings. The lowest BCUT2D eigenvalue weighted by Gasteiger charge is -2.49. The van der Waals surface area contributed by atoms with Crippen molar-refractivity contribution >= 4 is 12.0 Å². The molecule has 14 atom stereocenters. The average Bonchev–Trinajstić information content (AvgIpc) is 3.35. The van der Waals surface area contributed by atoms with E-state index in [0.717, 1.165) is 12.3 Å². The standard InChI is InChI=1S/C30H38O17/c31-10-14-9-18(35)30(7-8-42-27(20(14)30)46-28-25(41)23(39)21(37)16(11-32)43-28)47-29-26(24(40)22(38)17(12-33)44-29)45-19(36)6-3-13-1-4-15(34)5-2-13/h1-9,16-18,20-29,31-35,37-41H,10-12H2/b6-3+/t16-,17-,18-,20+,21-,22-,23+,24+,25-,26-,27+,28+,29+,30+/m1/s1. The van der Waals surface area contributed by atoms with E-state index >= 15 is 0 Å². The smallest absolute Gasteiger partial charge is 0.331 e. The number of carbonyl (C=O) groups excluding carboxylic acids is 1. The first-order valence-corrected chi connectivity index (χ1v) is 14.7. The predicted octanol–water partition coefficient (Wildman–Crippen LogP) is -3.89. The molecule has 1 aliphatic carbocycles. The van der Waals surface area contributed by atoms with Gasteiger partial charge in [-0.2, -0.15) is 0 Å². The van der Waals surface area contributed by atoms with Gasteiger partial charge in [-0.1, -0.05) is 18.2 Å². The van der Waals surface area contributed by atoms with Gasteiger partial charge in [0, 0.05) is 6.08 Å². The van der Waals surface area contributed by atoms with Crippen LogP contribution in [0.3, 0.4) is 0 Å². The zero-order valence-corrected chi connectivity index (χ0v) is 24.7. The molecule has 260 valence electrons. The van der Waals surface area contributed by atoms with Gasteiger partial charge in [0.2, 0.25) is 6.29 Å². The molecule has 3 heterocycles. The van der Waals surface area contributed by atoms with Crippen molar-refractivity contribution in [3.63, 3.8) is 0 Å². The minimum Gasteiger partial charge on any atom is -0.508 e. The highest BCUT2D eigenvalue weighted by Crippen LogP contribution is 2.48. The van der Waals surface area contributed by atoms with Crippen LogP contribution in [0.5, 0.6) is 5.75 Å². The second kappa shape index (κ2) is 14.6. The van der Waals surface area contributed by atoms with Crippen LogP contribution >= 0.6 is 0 Å². The van der Waals surface area contributed by atoms with E-state index in [1.807, 2.05) is 0 Å². The van der Waals surface area contributed by atoms with Crippen molar-refractivity contribution in [2.75, 3.05) is 19.8 Å². The van der Waals surface area contributed by atoms with Gasteiger partial charge in [-0.3, -0.25) is 0 Å². The Morgan fingerprint density at radius 1 is 0.830 bits per heavy atom. The summed E-state index contributed by atoms with van der Waals surface area (Å²) in [4.78, 5) is 12.8. The fraction of sp³-hybridized carbons (Fsp3) is 0.567. The molecule has 1 aromatic carbocycles. The fourth-order valence-electron chi connectivity index (χ4n) is 5.96. The van der Waals surface area contributed by atoms with E-state index in [4.69, 9.17) is 28.4 Å². The second-order valence-corrected chi connectivity index (χ2v) is 11.5. The molecular formula is C30H38O17. The molecule has 17 nitrogen and oxygen atoms in total. The number of rotatable bonds is 10. The number of ether oxygens (including phenoxy) is 6. The number of phenols is 1. The topological polar surface area (TPSA) is 275 Å². The molecule has 5 rings (SSSR count). The Balaban J connectivity index is 1.41. The lowest BCUT2D eigenvalue weighted by molar-refractivity contribution is -0.362. The Morgan fingerprint density at radius 2 is 1.47 bits per heavy atom. The fourth-order valence-corrected chi connectivity index (χ4v) is 5.96. The van der Waals surface area contributed by atoms with E-state index in [2.05, 4.69) is 0 Å². The lowest BCUT2D eigenvalue weighted by Crippen LogP contribution is -2.65. The number of aromatic hydroxyl groups is 1. The van der Waals surface area contributed by atoms with E-state index in [1.165, 1.54) is 42.5 Å². The van der Waals surface area contributed by atoms with Crippen molar-refractivity contribution in [1.82, 2.24) is 0 Å². The summed E-state index contributed by atoms with van der Waals surface area (Å²) >= 11 is 0. The first-order chi connectivity index (χ1) is 22.4. The van der Waals surface area contributed by atoms with Crippen LogP contribution in [0.15, 0.2) is 54.3 Å². The monoisotopic (exact) mass is 670 g/mol. The number of carbonyl (C=O) groups is 1. The molecule has 0 amide bonds. The summed E-state index contributed by atoms with van der Waals surface area (Å²) in [5.74, 6) is -2.26. The maximum absolute atomic E-state index is 12.8. The first kappa shape index (κ1) is 35.3. The zero-order chi connectivity index (χ0) is 34.0. The van der Waals surface area contributed by atoms with Gasteiger partial charge in [-0.05, 0) is 35.4 Å². The summed E-state index contributed by atoms with van der Waals surface area (Å²) in [7, 11) is 0. The molecular weight excluding hydrogens is 632 g/mol. The van der Waals surface area contributed by atoms with E-state index in [0.29, 0.717) is 5.56 Å². The van der Waals surface area contributed by atoms with Crippen LogP contribution in [0, 0.1) is 5.92 Å². The Labute approximate surface area is 267 Å². The van der Waals surface area contributed by atoms with Crippen LogP contribution in [0.2, 0.25) is 0 Å². The Kier molecular flexibility index (Phi) is 11.0. The molecule has 1 aromatic rings. The highest BCUT2D eigenvalue weighted by atomic mass is 16.8. The number of esters is 1. The van der Waals surface area contributed by atoms with Crippen molar-refractivity contribution in [3.8, 4) is 5.75 Å². The average molecular weight is 671 g/mol. The summed E-state index contributed by atoms with van der Waals surface area (Å²) in [6, 6.07) is 5.83. The minimum absolute atomic E-state index is 0.00762. The van der Waals surface area contributed by atoms with Gasteiger partial charge in [0.25, 0.3) is 0 Å². The van der Waals surface area contributed by atoms with Crippen LogP contribution in [-0.2, 0) is 33.2 Å². The molecule has 47 heavy (non-hydrogen) atoms. The second-order valence-electron chi connectivity index (χ2n) is 11.5. The Morgan fingerprint density at radius 3 is 2.11 bits per heavy atom. The van der Waals surface area contributed by atoms with Crippen LogP contribution in [0.1, 0.15) is 5.56 Å². The van der Waals surface area contributed by atoms with Gasteiger partial charge in [0.05, 0.1) is 32.0 Å². The number of aliphatic hydroxyl groups is 9. The van der Waals surface area contributed by atoms with Gasteiger partial charge in [-0.15, -0.1) is 0 Å². The Bertz CT molecular complexity index is 1320. The maximum atomic E-state index is 12.8. The minimum atomic E-state index is -1.95. The van der Waals surface area contributed by atoms with Crippen molar-refractivity contribution in [2.45, 2.75) is 79.4 Å². The van der Waals surface area contributed by atoms with Gasteiger partial charge in [0.15, 0.2) is 18.7 Å². The number of benzene rings is 1. The molecule has 0 aromatic heterocycles. The molecule has 17 heteroatoms. The van der Waals surface area contributed by atoms with Crippen LogP contribution in [-0.4, -0.2) is 156 Å². The number of hydrogen-bond donors (Lipinski definition) is 10. The van der Waals surface area contributed by atoms with Crippen molar-refractivity contribution < 1.29 is 84.3 Å². The van der Waals surface area contributed by atoms with Crippen molar-refractivity contribution in [1.29, 1.82) is 0 Å². The van der Waals surface area contributed by atoms with Gasteiger partial charge in [-0.25, -0.2) is 4.79 Å². The van der Waals surface area contributed by atoms with E-state index in [-0.39, 0.29) is 11.3 Å². The third-order valence-electron chi connectivity index (χ3n) is 8.53. The molecule has 0 radical (unpaired) electrons. The van der Waals surface area contributed by atoms with Gasteiger partial charge in [0.1, 0.15) is 60.2 Å². The van der Waals surface area contributed by atoms with Crippen LogP contribution in [0.4, 0.5) is 0 Å². The number of aliphatic hydroxyl groups excluding tert-OH is 9. The van der Waals surface area contributed by atoms with E-state index in [1.54, 1.807) is 0 Å². The lowest BCUT2D eigenvalue weighted by atomic mass is 9.82. The van der Waals surface area contributed by atoms with E-state index < -0.39 is 111 Å². The number of fused-ring (bicyclic) bond motifs is 1. The van der Waals surface area contributed by atoms with Crippen molar-refractivity contribution in [3.05, 3.63) is 59.9 Å². The highest BCUT2D eigenvalue weighted by molar-refractivity contribution is 5.87. The van der Waals surface area contributed by atoms with Crippen LogP contribution in [0.25, 0.3) is 6.08 Å². The molecule has 0 saturated carbocycles. The van der Waals surface area contributed by atoms with Gasteiger partial charge >= 0.3 is 5.97 Å². The Hall–Kier alpha value is -3.01. The molecule has 0 unspecified atom stereocenters. The molecule has 2 fully saturated rings. The normalized spacial score (nSPS) is 41.7. The maximum Gasteiger partial charge on any atom is 0.331 e. The zero-order valence-electron chi connectivity index (χ0n) is 24.7. The number of phenolic OH excluding ortho intramolecular Hbond substituents is 1. The molecule has 0 bridgehead atoms. The third kappa shape index (κ3) is 6.94. The quantitative estimate of drug-likeness (QED) is 0.0647. The predicted molar refractivity (Wildman–Crippen MR) is 152 cm³/mol. The SMILES string of the molecule is O=C(/C=C/c1ccc(O)cc1)O[C@H]1[C@H](O[C@]23C=CO[C@@H](O[C@@H]4O[C@H](CO)[C@@H](O)[C@H](O)[C@H]4O)[C@@H]2C(CO)=C[C@H]3O)O[C@H](CO)[C@@H](O)[C@@H]1O. The highest BCUT2D eigenvalue weighted by Gasteiger charge is 2.61. The molecule has 10 N–H and O–H groups in total. The van der Waals surface area contributed by atoms with Gasteiger partial charge < -0.3 is 79.5 Å². The van der Waals surface area contributed by atoms with E-state index in [9.17, 15) is 55.9 Å². The third-order valence-corrected chi connectivity index (χ3v) is 8.53.